The predicted molar refractivity (Wildman–Crippen MR) is 92.7 cm³/mol. The van der Waals surface area contributed by atoms with Crippen LogP contribution in [0.1, 0.15) is 29.8 Å². The number of aliphatic hydroxyl groups excluding tert-OH is 1. The molecule has 2 N–H and O–H groups in total. The highest BCUT2D eigenvalue weighted by Gasteiger charge is 2.11. The molecule has 1 amide bonds. The molecule has 0 fully saturated rings. The van der Waals surface area contributed by atoms with E-state index in [1.165, 1.54) is 0 Å². The molecule has 124 valence electrons. The monoisotopic (exact) mass is 324 g/mol. The Hall–Kier alpha value is -2.73. The molecule has 0 saturated heterocycles. The highest BCUT2D eigenvalue weighted by atomic mass is 16.3. The summed E-state index contributed by atoms with van der Waals surface area (Å²) in [4.78, 5) is 21.1. The third-order valence-corrected chi connectivity index (χ3v) is 3.65. The van der Waals surface area contributed by atoms with E-state index in [-0.39, 0.29) is 12.5 Å². The Bertz CT molecular complexity index is 870. The lowest BCUT2D eigenvalue weighted by molar-refractivity contribution is 0.102. The predicted octanol–water partition coefficient (Wildman–Crippen LogP) is 2.83. The number of fused-ring (bicyclic) bond motifs is 1. The molecule has 2 heterocycles. The molecule has 24 heavy (non-hydrogen) atoms. The van der Waals surface area contributed by atoms with Crippen LogP contribution in [0.4, 0.5) is 5.69 Å². The maximum absolute atomic E-state index is 12.4. The smallest absolute Gasteiger partial charge is 0.257 e. The van der Waals surface area contributed by atoms with Crippen LogP contribution in [-0.2, 0) is 13.2 Å². The average Bonchev–Trinajstić information content (AvgIpc) is 2.96. The van der Waals surface area contributed by atoms with Crippen molar-refractivity contribution in [3.05, 3.63) is 54.0 Å². The molecule has 0 saturated carbocycles. The summed E-state index contributed by atoms with van der Waals surface area (Å²) in [6.07, 6.45) is 3.32. The maximum atomic E-state index is 12.4. The fraction of sp³-hybridized carbons (Fsp3) is 0.278. The minimum absolute atomic E-state index is 0.0650. The van der Waals surface area contributed by atoms with Gasteiger partial charge in [-0.2, -0.15) is 0 Å². The van der Waals surface area contributed by atoms with Crippen LogP contribution in [0, 0.1) is 5.92 Å². The number of hydrogen-bond acceptors (Lipinski definition) is 4. The summed E-state index contributed by atoms with van der Waals surface area (Å²) in [6.45, 7) is 5.04. The number of nitrogens with one attached hydrogen (secondary N) is 1. The first kappa shape index (κ1) is 16.1. The van der Waals surface area contributed by atoms with Crippen molar-refractivity contribution < 1.29 is 9.90 Å². The molecule has 1 aromatic carbocycles. The van der Waals surface area contributed by atoms with Crippen LogP contribution in [0.15, 0.2) is 42.9 Å². The van der Waals surface area contributed by atoms with Crippen molar-refractivity contribution in [3.8, 4) is 0 Å². The number of hydrogen-bond donors (Lipinski definition) is 2. The number of benzene rings is 1. The van der Waals surface area contributed by atoms with Crippen molar-refractivity contribution in [3.63, 3.8) is 0 Å². The number of rotatable bonds is 5. The lowest BCUT2D eigenvalue weighted by Gasteiger charge is -2.08. The molecule has 0 spiro atoms. The zero-order valence-corrected chi connectivity index (χ0v) is 13.7. The standard InChI is InChI=1S/C18H20N4O2/c1-12(2)9-22-11-20-16-7-14(8-19-17(16)22)18(24)21-15-5-3-4-13(6-15)10-23/h3-8,11-12,23H,9-10H2,1-2H3,(H,21,24). The van der Waals surface area contributed by atoms with Crippen LogP contribution >= 0.6 is 0 Å². The number of nitrogens with zero attached hydrogens (tertiary/aromatic N) is 3. The Labute approximate surface area is 140 Å². The number of aromatic nitrogens is 3. The minimum Gasteiger partial charge on any atom is -0.392 e. The summed E-state index contributed by atoms with van der Waals surface area (Å²) >= 11 is 0. The fourth-order valence-corrected chi connectivity index (χ4v) is 2.55. The highest BCUT2D eigenvalue weighted by molar-refractivity contribution is 6.05. The number of carbonyl (C=O) groups is 1. The summed E-state index contributed by atoms with van der Waals surface area (Å²) < 4.78 is 1.99. The number of amides is 1. The fourth-order valence-electron chi connectivity index (χ4n) is 2.55. The quantitative estimate of drug-likeness (QED) is 0.756. The Balaban J connectivity index is 1.82. The molecule has 0 aliphatic carbocycles. The lowest BCUT2D eigenvalue weighted by atomic mass is 10.2. The van der Waals surface area contributed by atoms with Crippen LogP contribution in [-0.4, -0.2) is 25.5 Å². The molecule has 0 radical (unpaired) electrons. The summed E-state index contributed by atoms with van der Waals surface area (Å²) in [5, 5.41) is 12.0. The first-order chi connectivity index (χ1) is 11.6. The number of anilines is 1. The maximum Gasteiger partial charge on any atom is 0.257 e. The molecule has 0 aliphatic heterocycles. The van der Waals surface area contributed by atoms with E-state index in [9.17, 15) is 4.79 Å². The van der Waals surface area contributed by atoms with Crippen LogP contribution < -0.4 is 5.32 Å². The van der Waals surface area contributed by atoms with Crippen LogP contribution in [0.2, 0.25) is 0 Å². The molecule has 6 nitrogen and oxygen atoms in total. The lowest BCUT2D eigenvalue weighted by Crippen LogP contribution is -2.12. The Morgan fingerprint density at radius 3 is 2.88 bits per heavy atom. The molecule has 0 aliphatic rings. The van der Waals surface area contributed by atoms with Crippen LogP contribution in [0.3, 0.4) is 0 Å². The van der Waals surface area contributed by atoms with E-state index in [1.807, 2.05) is 4.57 Å². The van der Waals surface area contributed by atoms with E-state index in [0.717, 1.165) is 17.8 Å². The Kier molecular flexibility index (Phi) is 4.57. The molecule has 0 unspecified atom stereocenters. The van der Waals surface area contributed by atoms with Crippen molar-refractivity contribution in [2.75, 3.05) is 5.32 Å². The SMILES string of the molecule is CC(C)Cn1cnc2cc(C(=O)Nc3cccc(CO)c3)cnc21. The van der Waals surface area contributed by atoms with Gasteiger partial charge < -0.3 is 15.0 Å². The van der Waals surface area contributed by atoms with Crippen LogP contribution in [0.5, 0.6) is 0 Å². The number of aliphatic hydroxyl groups is 1. The minimum atomic E-state index is -0.252. The molecule has 0 atom stereocenters. The van der Waals surface area contributed by atoms with E-state index in [1.54, 1.807) is 42.9 Å². The van der Waals surface area contributed by atoms with Gasteiger partial charge in [0.1, 0.15) is 5.52 Å². The van der Waals surface area contributed by atoms with Gasteiger partial charge in [0.15, 0.2) is 5.65 Å². The summed E-state index contributed by atoms with van der Waals surface area (Å²) in [5.74, 6) is 0.240. The average molecular weight is 324 g/mol. The molecule has 6 heteroatoms. The molecule has 0 bridgehead atoms. The molecule has 3 rings (SSSR count). The topological polar surface area (TPSA) is 80.0 Å². The third kappa shape index (κ3) is 3.44. The number of carbonyl (C=O) groups excluding carboxylic acids is 1. The van der Waals surface area contributed by atoms with Gasteiger partial charge in [0.2, 0.25) is 0 Å². The van der Waals surface area contributed by atoms with Gasteiger partial charge in [0.25, 0.3) is 5.91 Å². The van der Waals surface area contributed by atoms with Gasteiger partial charge in [-0.3, -0.25) is 4.79 Å². The van der Waals surface area contributed by atoms with Crippen LogP contribution in [0.25, 0.3) is 11.2 Å². The molecular weight excluding hydrogens is 304 g/mol. The summed E-state index contributed by atoms with van der Waals surface area (Å²) in [5.41, 5.74) is 3.31. The van der Waals surface area contributed by atoms with Gasteiger partial charge in [-0.15, -0.1) is 0 Å². The van der Waals surface area contributed by atoms with Gasteiger partial charge in [-0.05, 0) is 29.7 Å². The van der Waals surface area contributed by atoms with Gasteiger partial charge in [0.05, 0.1) is 18.5 Å². The van der Waals surface area contributed by atoms with Crippen molar-refractivity contribution in [1.82, 2.24) is 14.5 Å². The summed E-state index contributed by atoms with van der Waals surface area (Å²) in [6, 6.07) is 8.84. The van der Waals surface area contributed by atoms with Gasteiger partial charge in [-0.1, -0.05) is 26.0 Å². The Morgan fingerprint density at radius 1 is 1.29 bits per heavy atom. The second-order valence-electron chi connectivity index (χ2n) is 6.17. The first-order valence-electron chi connectivity index (χ1n) is 7.89. The largest absolute Gasteiger partial charge is 0.392 e. The first-order valence-corrected chi connectivity index (χ1v) is 7.89. The number of imidazole rings is 1. The zero-order chi connectivity index (χ0) is 17.1. The van der Waals surface area contributed by atoms with E-state index >= 15 is 0 Å². The van der Waals surface area contributed by atoms with Gasteiger partial charge in [-0.25, -0.2) is 9.97 Å². The second kappa shape index (κ2) is 6.80. The normalized spacial score (nSPS) is 11.2. The Morgan fingerprint density at radius 2 is 2.12 bits per heavy atom. The van der Waals surface area contributed by atoms with Crippen molar-refractivity contribution in [2.24, 2.45) is 5.92 Å². The van der Waals surface area contributed by atoms with Crippen molar-refractivity contribution in [2.45, 2.75) is 27.0 Å². The zero-order valence-electron chi connectivity index (χ0n) is 13.7. The van der Waals surface area contributed by atoms with Crippen molar-refractivity contribution in [1.29, 1.82) is 0 Å². The van der Waals surface area contributed by atoms with E-state index in [4.69, 9.17) is 5.11 Å². The van der Waals surface area contributed by atoms with Crippen molar-refractivity contribution >= 4 is 22.8 Å². The van der Waals surface area contributed by atoms with Gasteiger partial charge >= 0.3 is 0 Å². The third-order valence-electron chi connectivity index (χ3n) is 3.65. The highest BCUT2D eigenvalue weighted by Crippen LogP contribution is 2.16. The number of pyridine rings is 1. The van der Waals surface area contributed by atoms with E-state index in [2.05, 4.69) is 29.1 Å². The van der Waals surface area contributed by atoms with Gasteiger partial charge in [0, 0.05) is 18.4 Å². The molecular formula is C18H20N4O2. The molecule has 3 aromatic rings. The van der Waals surface area contributed by atoms with E-state index in [0.29, 0.717) is 22.7 Å². The van der Waals surface area contributed by atoms with E-state index < -0.39 is 0 Å². The molecule has 2 aromatic heterocycles. The summed E-state index contributed by atoms with van der Waals surface area (Å²) in [7, 11) is 0. The second-order valence-corrected chi connectivity index (χ2v) is 6.17.